The molecule has 2 rings (SSSR count). The van der Waals surface area contributed by atoms with Crippen molar-refractivity contribution < 1.29 is 28.6 Å². The number of benzene rings is 1. The number of ether oxygens (including phenoxy) is 2. The minimum Gasteiger partial charge on any atom is -0.395 e. The first-order valence-corrected chi connectivity index (χ1v) is 15.8. The highest BCUT2D eigenvalue weighted by molar-refractivity contribution is 6.14. The number of anilines is 1. The van der Waals surface area contributed by atoms with Crippen molar-refractivity contribution in [1.82, 2.24) is 21.3 Å². The summed E-state index contributed by atoms with van der Waals surface area (Å²) in [6.07, 6.45) is 7.63. The number of methoxy groups -OCH3 is 1. The van der Waals surface area contributed by atoms with E-state index in [0.29, 0.717) is 67.0 Å². The van der Waals surface area contributed by atoms with Crippen molar-refractivity contribution in [1.29, 1.82) is 5.41 Å². The van der Waals surface area contributed by atoms with E-state index < -0.39 is 11.8 Å². The molecule has 0 spiro atoms. The largest absolute Gasteiger partial charge is 0.395 e. The molecule has 7 N–H and O–H groups in total. The van der Waals surface area contributed by atoms with E-state index >= 15 is 0 Å². The molecule has 13 heteroatoms. The number of aliphatic hydroxyl groups is 1. The van der Waals surface area contributed by atoms with E-state index in [1.165, 1.54) is 24.3 Å². The molecule has 1 aliphatic heterocycles. The lowest BCUT2D eigenvalue weighted by molar-refractivity contribution is -0.118. The molecule has 46 heavy (non-hydrogen) atoms. The lowest BCUT2D eigenvalue weighted by atomic mass is 9.95. The van der Waals surface area contributed by atoms with Crippen LogP contribution in [-0.2, 0) is 14.3 Å². The number of aliphatic hydroxyl groups excluding tert-OH is 1. The number of amides is 3. The Labute approximate surface area is 273 Å². The van der Waals surface area contributed by atoms with Crippen molar-refractivity contribution in [2.45, 2.75) is 58.4 Å². The molecule has 0 aromatic heterocycles. The van der Waals surface area contributed by atoms with Gasteiger partial charge in [-0.05, 0) is 69.0 Å². The maximum absolute atomic E-state index is 13.7. The Morgan fingerprint density at radius 1 is 1.24 bits per heavy atom. The molecule has 0 bridgehead atoms. The van der Waals surface area contributed by atoms with Gasteiger partial charge in [-0.3, -0.25) is 15.5 Å². The molecule has 11 nitrogen and oxygen atoms in total. The van der Waals surface area contributed by atoms with Crippen LogP contribution in [0.1, 0.15) is 40.0 Å². The summed E-state index contributed by atoms with van der Waals surface area (Å²) >= 11 is 0. The van der Waals surface area contributed by atoms with E-state index in [1.54, 1.807) is 25.3 Å². The first-order chi connectivity index (χ1) is 22.2. The Balaban J connectivity index is 2.54. The summed E-state index contributed by atoms with van der Waals surface area (Å²) < 4.78 is 24.5. The van der Waals surface area contributed by atoms with Gasteiger partial charge < -0.3 is 35.8 Å². The number of rotatable bonds is 18. The molecule has 0 aliphatic carbocycles. The lowest BCUT2D eigenvalue weighted by Crippen LogP contribution is -2.47. The van der Waals surface area contributed by atoms with Crippen LogP contribution in [0, 0.1) is 11.2 Å². The molecule has 0 unspecified atom stereocenters. The summed E-state index contributed by atoms with van der Waals surface area (Å²) in [6, 6.07) is 4.95. The number of allylic oxidation sites excluding steroid dienone is 4. The highest BCUT2D eigenvalue weighted by Gasteiger charge is 2.22. The van der Waals surface area contributed by atoms with Gasteiger partial charge in [0.15, 0.2) is 0 Å². The highest BCUT2D eigenvalue weighted by Crippen LogP contribution is 2.21. The third-order valence-corrected chi connectivity index (χ3v) is 7.37. The fourth-order valence-electron chi connectivity index (χ4n) is 4.82. The summed E-state index contributed by atoms with van der Waals surface area (Å²) in [6.45, 7) is 7.75. The molecule has 1 heterocycles. The summed E-state index contributed by atoms with van der Waals surface area (Å²) in [7, 11) is 3.50. The molecular weight excluding hydrogens is 590 g/mol. The Morgan fingerprint density at radius 2 is 1.93 bits per heavy atom. The monoisotopic (exact) mass is 640 g/mol. The number of hydrogen-bond acceptors (Lipinski definition) is 8. The maximum Gasteiger partial charge on any atom is 0.320 e. The first kappa shape index (κ1) is 38.4. The Kier molecular flexibility index (Phi) is 17.6. The van der Waals surface area contributed by atoms with Gasteiger partial charge in [-0.1, -0.05) is 25.4 Å². The highest BCUT2D eigenvalue weighted by atomic mass is 19.1. The maximum atomic E-state index is 13.7. The van der Waals surface area contributed by atoms with Gasteiger partial charge in [0.2, 0.25) is 0 Å². The predicted molar refractivity (Wildman–Crippen MR) is 183 cm³/mol. The Hall–Kier alpha value is -3.78. The average Bonchev–Trinajstić information content (AvgIpc) is 3.04. The SMILES string of the molecule is BC[C@@H](CNCCO)NC(=O)N/C(Nc1ccc(F)cc1)=C(\CC)C(=N)C(/C=C\C)=C/C(C(=O)NC1CCOCC1)=C(\C)COC. The summed E-state index contributed by atoms with van der Waals surface area (Å²) in [5, 5.41) is 33.5. The van der Waals surface area contributed by atoms with Crippen molar-refractivity contribution >= 4 is 31.2 Å². The van der Waals surface area contributed by atoms with Crippen molar-refractivity contribution in [3.05, 3.63) is 76.4 Å². The number of urea groups is 1. The van der Waals surface area contributed by atoms with Crippen molar-refractivity contribution in [3.63, 3.8) is 0 Å². The number of nitrogens with one attached hydrogen (secondary N) is 6. The second-order valence-electron chi connectivity index (χ2n) is 10.9. The predicted octanol–water partition coefficient (Wildman–Crippen LogP) is 2.94. The summed E-state index contributed by atoms with van der Waals surface area (Å²) in [4.78, 5) is 26.8. The van der Waals surface area contributed by atoms with E-state index in [2.05, 4.69) is 26.6 Å². The van der Waals surface area contributed by atoms with Crippen LogP contribution in [0.2, 0.25) is 6.32 Å². The zero-order valence-electron chi connectivity index (χ0n) is 27.7. The smallest absolute Gasteiger partial charge is 0.320 e. The average molecular weight is 641 g/mol. The van der Waals surface area contributed by atoms with E-state index in [4.69, 9.17) is 14.6 Å². The Bertz CT molecular complexity index is 1280. The van der Waals surface area contributed by atoms with Gasteiger partial charge in [0, 0.05) is 67.9 Å². The minimum absolute atomic E-state index is 0.0137. The van der Waals surface area contributed by atoms with Crippen LogP contribution in [0.5, 0.6) is 0 Å². The van der Waals surface area contributed by atoms with Crippen LogP contribution in [0.25, 0.3) is 0 Å². The van der Waals surface area contributed by atoms with Crippen LogP contribution in [0.4, 0.5) is 14.9 Å². The van der Waals surface area contributed by atoms with Gasteiger partial charge in [0.05, 0.1) is 18.9 Å². The number of halogens is 1. The van der Waals surface area contributed by atoms with Crippen LogP contribution in [0.3, 0.4) is 0 Å². The zero-order chi connectivity index (χ0) is 33.9. The number of carbonyl (C=O) groups excluding carboxylic acids is 2. The molecular formula is C33H50BFN6O5. The normalized spacial score (nSPS) is 15.9. The fraction of sp³-hybridized carbons (Fsp3) is 0.485. The zero-order valence-corrected chi connectivity index (χ0v) is 27.7. The summed E-state index contributed by atoms with van der Waals surface area (Å²) in [5.41, 5.74) is 2.60. The standard InChI is InChI=1S/C33H50BFN6O5/c1-5-7-23(18-29(22(3)21-45-4)32(43)39-26-12-16-46-17-13-26)30(36)28(6-2)31(38-25-10-8-24(35)9-11-25)41-33(44)40-27(19-34)20-37-14-15-42/h5,7-11,18,26-27,36-38,42H,6,12-17,19-21,34H2,1-4H3,(H,39,43)(H2,40,41,44)/b7-5-,23-18+,29-22-,31-28+,36-30?/t27-/m0/s1. The fourth-order valence-corrected chi connectivity index (χ4v) is 4.82. The van der Waals surface area contributed by atoms with E-state index in [0.717, 1.165) is 12.8 Å². The van der Waals surface area contributed by atoms with Gasteiger partial charge in [-0.15, -0.1) is 0 Å². The Morgan fingerprint density at radius 3 is 2.52 bits per heavy atom. The molecule has 3 amide bonds. The van der Waals surface area contributed by atoms with E-state index in [-0.39, 0.29) is 42.7 Å². The van der Waals surface area contributed by atoms with Gasteiger partial charge in [0.1, 0.15) is 19.5 Å². The first-order valence-electron chi connectivity index (χ1n) is 15.8. The van der Waals surface area contributed by atoms with Crippen molar-refractivity contribution in [2.24, 2.45) is 0 Å². The lowest BCUT2D eigenvalue weighted by Gasteiger charge is -2.24. The second-order valence-corrected chi connectivity index (χ2v) is 10.9. The minimum atomic E-state index is -0.495. The van der Waals surface area contributed by atoms with Crippen LogP contribution in [0.15, 0.2) is 70.6 Å². The van der Waals surface area contributed by atoms with Crippen molar-refractivity contribution in [2.75, 3.05) is 51.9 Å². The van der Waals surface area contributed by atoms with Crippen LogP contribution >= 0.6 is 0 Å². The van der Waals surface area contributed by atoms with Crippen LogP contribution in [-0.4, -0.2) is 89.3 Å². The molecule has 1 aliphatic rings. The molecule has 1 atom stereocenters. The molecule has 1 fully saturated rings. The van der Waals surface area contributed by atoms with Gasteiger partial charge in [-0.25, -0.2) is 9.18 Å². The molecule has 1 aromatic carbocycles. The van der Waals surface area contributed by atoms with E-state index in [1.807, 2.05) is 28.6 Å². The summed E-state index contributed by atoms with van der Waals surface area (Å²) in [5.74, 6) is -0.425. The molecule has 1 aromatic rings. The van der Waals surface area contributed by atoms with Gasteiger partial charge in [-0.2, -0.15) is 0 Å². The quantitative estimate of drug-likeness (QED) is 0.0428. The second kappa shape index (κ2) is 21.1. The molecule has 0 saturated carbocycles. The van der Waals surface area contributed by atoms with Crippen LogP contribution < -0.4 is 26.6 Å². The van der Waals surface area contributed by atoms with Crippen molar-refractivity contribution in [3.8, 4) is 0 Å². The number of carbonyl (C=O) groups is 2. The topological polar surface area (TPSA) is 157 Å². The van der Waals surface area contributed by atoms with Gasteiger partial charge >= 0.3 is 6.03 Å². The molecule has 0 radical (unpaired) electrons. The number of hydrogen-bond donors (Lipinski definition) is 7. The van der Waals surface area contributed by atoms with E-state index in [9.17, 15) is 19.4 Å². The molecule has 252 valence electrons. The molecule has 1 saturated heterocycles. The third-order valence-electron chi connectivity index (χ3n) is 7.37. The van der Waals surface area contributed by atoms with Gasteiger partial charge in [0.25, 0.3) is 5.91 Å². The third kappa shape index (κ3) is 12.9.